The summed E-state index contributed by atoms with van der Waals surface area (Å²) >= 11 is 0. The first-order chi connectivity index (χ1) is 18.7. The third-order valence-electron chi connectivity index (χ3n) is 6.91. The van der Waals surface area contributed by atoms with Crippen molar-refractivity contribution >= 4 is 38.2 Å². The molecule has 1 saturated heterocycles. The van der Waals surface area contributed by atoms with Crippen LogP contribution in [0.25, 0.3) is 10.9 Å². The third-order valence-corrected chi connectivity index (χ3v) is 9.40. The van der Waals surface area contributed by atoms with E-state index < -0.39 is 31.7 Å². The molecule has 1 atom stereocenters. The predicted molar refractivity (Wildman–Crippen MR) is 150 cm³/mol. The van der Waals surface area contributed by atoms with E-state index >= 15 is 0 Å². The Bertz CT molecular complexity index is 1600. The van der Waals surface area contributed by atoms with Crippen molar-refractivity contribution in [3.63, 3.8) is 0 Å². The number of fused-ring (bicyclic) bond motifs is 1. The average Bonchev–Trinajstić information content (AvgIpc) is 3.23. The quantitative estimate of drug-likeness (QED) is 0.380. The molecule has 3 heterocycles. The molecule has 12 heteroatoms. The van der Waals surface area contributed by atoms with Gasteiger partial charge in [0.25, 0.3) is 5.56 Å². The highest BCUT2D eigenvalue weighted by molar-refractivity contribution is 7.92. The molecule has 0 amide bonds. The lowest BCUT2D eigenvalue weighted by Gasteiger charge is -2.35. The summed E-state index contributed by atoms with van der Waals surface area (Å²) in [5, 5.41) is 17.7. The number of aromatic amines is 1. The topological polar surface area (TPSA) is 156 Å². The second kappa shape index (κ2) is 10.7. The number of esters is 1. The van der Waals surface area contributed by atoms with E-state index in [1.807, 2.05) is 0 Å². The fraction of sp³-hybridized carbons (Fsp3) is 0.500. The maximum absolute atomic E-state index is 13.4. The number of nitrogens with one attached hydrogen (secondary N) is 2. The van der Waals surface area contributed by atoms with Gasteiger partial charge in [0.2, 0.25) is 0 Å². The molecular weight excluding hydrogens is 534 g/mol. The number of pyridine rings is 1. The monoisotopic (exact) mass is 569 g/mol. The SMILES string of the molecule is CC(C)(C)OC(=O)CC(C)(C)S(=O)(=O)c1ccc(Nc2nn([C@]3(CC#N)CCCOC3)c3cc[nH]c(=O)c23)cc1. The van der Waals surface area contributed by atoms with Gasteiger partial charge < -0.3 is 19.8 Å². The zero-order valence-corrected chi connectivity index (χ0v) is 24.2. The number of rotatable bonds is 8. The van der Waals surface area contributed by atoms with Gasteiger partial charge in [-0.1, -0.05) is 0 Å². The van der Waals surface area contributed by atoms with E-state index in [0.717, 1.165) is 6.42 Å². The van der Waals surface area contributed by atoms with E-state index in [4.69, 9.17) is 14.6 Å². The number of aromatic nitrogens is 3. The standard InChI is InChI=1S/C28H35N5O6S/c1-26(2,3)39-22(34)17-27(4,5)40(36,37)20-9-7-19(8-10-20)31-24-23-21(11-15-30-25(23)35)33(32-24)28(13-14-29)12-6-16-38-18-28/h7-11,15H,6,12-13,16-18H2,1-5H3,(H,30,35)(H,31,32)/t28-/m0/s1. The van der Waals surface area contributed by atoms with Gasteiger partial charge in [0, 0.05) is 18.5 Å². The number of hydrogen-bond acceptors (Lipinski definition) is 9. The molecule has 2 aromatic heterocycles. The van der Waals surface area contributed by atoms with Crippen molar-refractivity contribution in [2.24, 2.45) is 0 Å². The number of carbonyl (C=O) groups is 1. The number of carbonyl (C=O) groups excluding carboxylic acids is 1. The van der Waals surface area contributed by atoms with Gasteiger partial charge in [-0.15, -0.1) is 0 Å². The fourth-order valence-electron chi connectivity index (χ4n) is 4.89. The Morgan fingerprint density at radius 3 is 2.52 bits per heavy atom. The molecule has 0 aliphatic carbocycles. The zero-order valence-electron chi connectivity index (χ0n) is 23.4. The van der Waals surface area contributed by atoms with Crippen LogP contribution in [0.5, 0.6) is 0 Å². The van der Waals surface area contributed by atoms with Crippen LogP contribution < -0.4 is 10.9 Å². The van der Waals surface area contributed by atoms with Crippen molar-refractivity contribution in [2.75, 3.05) is 18.5 Å². The highest BCUT2D eigenvalue weighted by atomic mass is 32.2. The van der Waals surface area contributed by atoms with Gasteiger partial charge in [0.05, 0.1) is 46.2 Å². The van der Waals surface area contributed by atoms with Crippen molar-refractivity contribution in [3.8, 4) is 6.07 Å². The molecule has 1 aliphatic rings. The summed E-state index contributed by atoms with van der Waals surface area (Å²) in [5.74, 6) is -0.315. The summed E-state index contributed by atoms with van der Waals surface area (Å²) in [5.41, 5.74) is -0.709. The predicted octanol–water partition coefficient (Wildman–Crippen LogP) is 4.17. The third kappa shape index (κ3) is 5.76. The summed E-state index contributed by atoms with van der Waals surface area (Å²) in [6.07, 6.45) is 2.84. The molecule has 2 N–H and O–H groups in total. The number of sulfone groups is 1. The van der Waals surface area contributed by atoms with E-state index in [-0.39, 0.29) is 29.1 Å². The van der Waals surface area contributed by atoms with Crippen molar-refractivity contribution in [3.05, 3.63) is 46.9 Å². The maximum Gasteiger partial charge on any atom is 0.307 e. The number of nitrogens with zero attached hydrogens (tertiary/aromatic N) is 3. The molecule has 0 radical (unpaired) electrons. The number of ether oxygens (including phenoxy) is 2. The zero-order chi connectivity index (χ0) is 29.3. The molecular formula is C28H35N5O6S. The Labute approximate surface area is 233 Å². The molecule has 214 valence electrons. The van der Waals surface area contributed by atoms with Crippen LogP contribution in [0.4, 0.5) is 11.5 Å². The van der Waals surface area contributed by atoms with Gasteiger partial charge in [0.1, 0.15) is 11.0 Å². The van der Waals surface area contributed by atoms with E-state index in [9.17, 15) is 23.3 Å². The van der Waals surface area contributed by atoms with Gasteiger partial charge in [-0.25, -0.2) is 8.42 Å². The number of H-pyrrole nitrogens is 1. The van der Waals surface area contributed by atoms with Crippen molar-refractivity contribution in [1.29, 1.82) is 5.26 Å². The number of benzene rings is 1. The number of nitriles is 1. The number of hydrogen-bond donors (Lipinski definition) is 2. The Hall–Kier alpha value is -3.69. The lowest BCUT2D eigenvalue weighted by atomic mass is 9.89. The maximum atomic E-state index is 13.4. The lowest BCUT2D eigenvalue weighted by Crippen LogP contribution is -2.42. The molecule has 0 saturated carbocycles. The van der Waals surface area contributed by atoms with Gasteiger partial charge in [-0.2, -0.15) is 10.4 Å². The smallest absolute Gasteiger partial charge is 0.307 e. The summed E-state index contributed by atoms with van der Waals surface area (Å²) in [6, 6.07) is 10.0. The fourth-order valence-corrected chi connectivity index (χ4v) is 6.33. The Balaban J connectivity index is 1.64. The highest BCUT2D eigenvalue weighted by Crippen LogP contribution is 2.36. The largest absolute Gasteiger partial charge is 0.460 e. The molecule has 3 aromatic rings. The minimum Gasteiger partial charge on any atom is -0.460 e. The molecule has 0 unspecified atom stereocenters. The van der Waals surface area contributed by atoms with Crippen LogP contribution in [0.15, 0.2) is 46.2 Å². The minimum atomic E-state index is -3.89. The van der Waals surface area contributed by atoms with Crippen molar-refractivity contribution in [1.82, 2.24) is 14.8 Å². The van der Waals surface area contributed by atoms with Gasteiger partial charge in [-0.3, -0.25) is 14.3 Å². The van der Waals surface area contributed by atoms with Gasteiger partial charge in [-0.05, 0) is 77.8 Å². The molecule has 4 rings (SSSR count). The molecule has 11 nitrogen and oxygen atoms in total. The van der Waals surface area contributed by atoms with Gasteiger partial charge >= 0.3 is 5.97 Å². The van der Waals surface area contributed by atoms with Crippen LogP contribution in [0, 0.1) is 11.3 Å². The summed E-state index contributed by atoms with van der Waals surface area (Å²) in [4.78, 5) is 27.9. The second-order valence-electron chi connectivity index (χ2n) is 11.7. The van der Waals surface area contributed by atoms with E-state index in [2.05, 4.69) is 16.4 Å². The number of anilines is 2. The first-order valence-corrected chi connectivity index (χ1v) is 14.6. The van der Waals surface area contributed by atoms with Crippen LogP contribution >= 0.6 is 0 Å². The summed E-state index contributed by atoms with van der Waals surface area (Å²) in [7, 11) is -3.89. The summed E-state index contributed by atoms with van der Waals surface area (Å²) < 4.78 is 38.1. The normalized spacial score (nSPS) is 18.3. The van der Waals surface area contributed by atoms with E-state index in [0.29, 0.717) is 36.2 Å². The molecule has 0 bridgehead atoms. The summed E-state index contributed by atoms with van der Waals surface area (Å²) in [6.45, 7) is 9.07. The second-order valence-corrected chi connectivity index (χ2v) is 14.3. The Morgan fingerprint density at radius 2 is 1.93 bits per heavy atom. The average molecular weight is 570 g/mol. The molecule has 1 fully saturated rings. The van der Waals surface area contributed by atoms with Crippen LogP contribution in [0.3, 0.4) is 0 Å². The van der Waals surface area contributed by atoms with Crippen molar-refractivity contribution in [2.45, 2.75) is 81.1 Å². The Kier molecular flexibility index (Phi) is 7.84. The van der Waals surface area contributed by atoms with Crippen molar-refractivity contribution < 1.29 is 22.7 Å². The molecule has 0 spiro atoms. The van der Waals surface area contributed by atoms with E-state index in [1.54, 1.807) is 43.7 Å². The van der Waals surface area contributed by atoms with Crippen LogP contribution in [0.1, 0.15) is 60.3 Å². The van der Waals surface area contributed by atoms with Crippen LogP contribution in [-0.2, 0) is 29.6 Å². The first kappa shape index (κ1) is 29.3. The highest BCUT2D eigenvalue weighted by Gasteiger charge is 2.40. The molecule has 1 aromatic carbocycles. The Morgan fingerprint density at radius 1 is 1.23 bits per heavy atom. The first-order valence-electron chi connectivity index (χ1n) is 13.1. The van der Waals surface area contributed by atoms with Crippen LogP contribution in [0.2, 0.25) is 0 Å². The van der Waals surface area contributed by atoms with E-state index in [1.165, 1.54) is 32.2 Å². The minimum absolute atomic E-state index is 0.0483. The molecule has 1 aliphatic heterocycles. The van der Waals surface area contributed by atoms with Gasteiger partial charge in [0.15, 0.2) is 15.7 Å². The van der Waals surface area contributed by atoms with Crippen LogP contribution in [-0.4, -0.2) is 52.7 Å². The molecule has 40 heavy (non-hydrogen) atoms. The lowest BCUT2D eigenvalue weighted by molar-refractivity contribution is -0.155.